The number of amides is 1. The lowest BCUT2D eigenvalue weighted by atomic mass is 10.0. The summed E-state index contributed by atoms with van der Waals surface area (Å²) in [6.07, 6.45) is 5.23. The number of aromatic nitrogens is 2. The van der Waals surface area contributed by atoms with Crippen LogP contribution in [-0.4, -0.2) is 44.6 Å². The lowest BCUT2D eigenvalue weighted by molar-refractivity contribution is -0.121. The van der Waals surface area contributed by atoms with Crippen LogP contribution in [0.15, 0.2) is 85.3 Å². The van der Waals surface area contributed by atoms with E-state index in [4.69, 9.17) is 40.7 Å². The number of rotatable bonds is 14. The van der Waals surface area contributed by atoms with Crippen molar-refractivity contribution in [3.63, 3.8) is 0 Å². The summed E-state index contributed by atoms with van der Waals surface area (Å²) >= 11 is 18.8. The molecular formula is C35H38Cl2N6OS. The van der Waals surface area contributed by atoms with Crippen LogP contribution in [0.25, 0.3) is 0 Å². The number of nitriles is 1. The van der Waals surface area contributed by atoms with Crippen molar-refractivity contribution >= 4 is 46.4 Å². The van der Waals surface area contributed by atoms with Gasteiger partial charge in [0.15, 0.2) is 5.11 Å². The number of carbonyl (C=O) groups is 1. The summed E-state index contributed by atoms with van der Waals surface area (Å²) in [5, 5.41) is 17.3. The van der Waals surface area contributed by atoms with E-state index in [0.717, 1.165) is 29.7 Å². The number of thiocarbonyl (C=S) groups is 1. The highest BCUT2D eigenvalue weighted by atomic mass is 35.5. The van der Waals surface area contributed by atoms with E-state index in [1.54, 1.807) is 30.7 Å². The van der Waals surface area contributed by atoms with Crippen molar-refractivity contribution in [3.05, 3.63) is 123 Å². The van der Waals surface area contributed by atoms with Crippen molar-refractivity contribution in [1.82, 2.24) is 25.1 Å². The van der Waals surface area contributed by atoms with Gasteiger partial charge < -0.3 is 20.1 Å². The van der Waals surface area contributed by atoms with E-state index >= 15 is 0 Å². The highest BCUT2D eigenvalue weighted by Gasteiger charge is 2.22. The van der Waals surface area contributed by atoms with Crippen LogP contribution in [0.3, 0.4) is 0 Å². The van der Waals surface area contributed by atoms with Gasteiger partial charge in [-0.1, -0.05) is 91.6 Å². The van der Waals surface area contributed by atoms with Crippen LogP contribution in [0.1, 0.15) is 48.2 Å². The Balaban J connectivity index is 1.45. The van der Waals surface area contributed by atoms with Gasteiger partial charge in [-0.25, -0.2) is 4.98 Å². The lowest BCUT2D eigenvalue weighted by Crippen LogP contribution is -2.49. The maximum atomic E-state index is 13.4. The predicted molar refractivity (Wildman–Crippen MR) is 185 cm³/mol. The van der Waals surface area contributed by atoms with Crippen LogP contribution < -0.4 is 10.6 Å². The van der Waals surface area contributed by atoms with E-state index in [9.17, 15) is 4.79 Å². The lowest BCUT2D eigenvalue weighted by Gasteiger charge is -2.32. The average molecular weight is 662 g/mol. The van der Waals surface area contributed by atoms with Gasteiger partial charge in [0.2, 0.25) is 5.91 Å². The molecule has 234 valence electrons. The molecule has 1 amide bonds. The Morgan fingerprint density at radius 1 is 1.04 bits per heavy atom. The van der Waals surface area contributed by atoms with Crippen molar-refractivity contribution in [2.24, 2.45) is 5.92 Å². The molecule has 0 spiro atoms. The van der Waals surface area contributed by atoms with Gasteiger partial charge in [0.25, 0.3) is 0 Å². The molecule has 45 heavy (non-hydrogen) atoms. The number of carbonyl (C=O) groups excluding carboxylic acids is 1. The predicted octanol–water partition coefficient (Wildman–Crippen LogP) is 6.80. The SMILES string of the molecule is CC(C)C[C@@H](CN(Cc1cccc(Cl)c1Cl)C(=S)NCCc1ccccc1)NC(=O)Cc1cncn1Cc1ccc(C#N)cc1. The first-order chi connectivity index (χ1) is 21.7. The third-order valence-corrected chi connectivity index (χ3v) is 8.61. The molecule has 0 aliphatic heterocycles. The van der Waals surface area contributed by atoms with Crippen LogP contribution >= 0.6 is 35.4 Å². The molecule has 3 aromatic carbocycles. The largest absolute Gasteiger partial charge is 0.362 e. The van der Waals surface area contributed by atoms with Crippen LogP contribution in [0.4, 0.5) is 0 Å². The minimum absolute atomic E-state index is 0.0917. The first kappa shape index (κ1) is 34.0. The molecule has 1 aromatic heterocycles. The number of nitrogens with zero attached hydrogens (tertiary/aromatic N) is 4. The summed E-state index contributed by atoms with van der Waals surface area (Å²) in [5.41, 5.74) is 4.52. The van der Waals surface area contributed by atoms with Gasteiger partial charge in [-0.05, 0) is 65.9 Å². The van der Waals surface area contributed by atoms with Crippen molar-refractivity contribution in [2.75, 3.05) is 13.1 Å². The van der Waals surface area contributed by atoms with E-state index in [2.05, 4.69) is 52.6 Å². The summed E-state index contributed by atoms with van der Waals surface area (Å²) < 4.78 is 1.96. The fourth-order valence-corrected chi connectivity index (χ4v) is 5.76. The average Bonchev–Trinajstić information content (AvgIpc) is 3.45. The molecule has 4 aromatic rings. The first-order valence-electron chi connectivity index (χ1n) is 15.0. The van der Waals surface area contributed by atoms with Crippen molar-refractivity contribution in [3.8, 4) is 6.07 Å². The summed E-state index contributed by atoms with van der Waals surface area (Å²) in [5.74, 6) is 0.249. The summed E-state index contributed by atoms with van der Waals surface area (Å²) in [4.78, 5) is 19.8. The zero-order valence-corrected chi connectivity index (χ0v) is 27.9. The molecule has 0 fully saturated rings. The number of imidazole rings is 1. The van der Waals surface area contributed by atoms with Gasteiger partial charge in [-0.15, -0.1) is 0 Å². The van der Waals surface area contributed by atoms with E-state index in [0.29, 0.717) is 52.8 Å². The van der Waals surface area contributed by atoms with E-state index in [1.165, 1.54) is 5.56 Å². The van der Waals surface area contributed by atoms with Crippen LogP contribution in [0, 0.1) is 17.2 Å². The number of halogens is 2. The van der Waals surface area contributed by atoms with E-state index in [-0.39, 0.29) is 18.4 Å². The molecule has 1 atom stereocenters. The molecule has 0 unspecified atom stereocenters. The molecule has 0 saturated carbocycles. The highest BCUT2D eigenvalue weighted by Crippen LogP contribution is 2.27. The molecule has 10 heteroatoms. The zero-order valence-electron chi connectivity index (χ0n) is 25.5. The fourth-order valence-electron chi connectivity index (χ4n) is 5.14. The van der Waals surface area contributed by atoms with Crippen molar-refractivity contribution in [2.45, 2.75) is 52.2 Å². The van der Waals surface area contributed by atoms with Gasteiger partial charge in [0, 0.05) is 44.1 Å². The molecule has 2 N–H and O–H groups in total. The third kappa shape index (κ3) is 10.6. The Kier molecular flexibility index (Phi) is 12.8. The Labute approximate surface area is 281 Å². The van der Waals surface area contributed by atoms with E-state index in [1.807, 2.05) is 47.0 Å². The van der Waals surface area contributed by atoms with Crippen LogP contribution in [0.5, 0.6) is 0 Å². The second-order valence-electron chi connectivity index (χ2n) is 11.5. The van der Waals surface area contributed by atoms with E-state index < -0.39 is 0 Å². The summed E-state index contributed by atoms with van der Waals surface area (Å²) in [6.45, 7) is 6.45. The van der Waals surface area contributed by atoms with Crippen LogP contribution in [-0.2, 0) is 30.7 Å². The molecule has 0 bridgehead atoms. The molecular weight excluding hydrogens is 623 g/mol. The van der Waals surface area contributed by atoms with Gasteiger partial charge in [0.05, 0.1) is 34.4 Å². The monoisotopic (exact) mass is 660 g/mol. The smallest absolute Gasteiger partial charge is 0.226 e. The highest BCUT2D eigenvalue weighted by molar-refractivity contribution is 7.80. The second-order valence-corrected chi connectivity index (χ2v) is 12.6. The van der Waals surface area contributed by atoms with Crippen molar-refractivity contribution < 1.29 is 4.79 Å². The standard InChI is InChI=1S/C35H38Cl2N6OS/c1-25(2)17-30(41-33(44)18-31-20-39-24-43(31)21-28-13-11-27(19-38)12-14-28)23-42(22-29-9-6-10-32(36)34(29)37)35(45)40-16-15-26-7-4-3-5-8-26/h3-14,20,24-25,30H,15-18,21-23H2,1-2H3,(H,40,45)(H,41,44)/t30-/m0/s1. The number of benzene rings is 3. The number of nitrogens with one attached hydrogen (secondary N) is 2. The Morgan fingerprint density at radius 3 is 2.51 bits per heavy atom. The van der Waals surface area contributed by atoms with Gasteiger partial charge >= 0.3 is 0 Å². The molecule has 1 heterocycles. The van der Waals surface area contributed by atoms with Crippen LogP contribution in [0.2, 0.25) is 10.0 Å². The normalized spacial score (nSPS) is 11.6. The molecule has 7 nitrogen and oxygen atoms in total. The minimum atomic E-state index is -0.167. The number of hydrogen-bond acceptors (Lipinski definition) is 4. The fraction of sp³-hybridized carbons (Fsp3) is 0.314. The quantitative estimate of drug-likeness (QED) is 0.145. The zero-order chi connectivity index (χ0) is 32.2. The molecule has 4 rings (SSSR count). The van der Waals surface area contributed by atoms with Gasteiger partial charge in [0.1, 0.15) is 0 Å². The third-order valence-electron chi connectivity index (χ3n) is 7.35. The Hall–Kier alpha value is -3.90. The summed E-state index contributed by atoms with van der Waals surface area (Å²) in [6, 6.07) is 25.2. The Bertz CT molecular complexity index is 1600. The maximum Gasteiger partial charge on any atom is 0.226 e. The second kappa shape index (κ2) is 17.0. The van der Waals surface area contributed by atoms with Gasteiger partial charge in [-0.2, -0.15) is 5.26 Å². The van der Waals surface area contributed by atoms with Crippen molar-refractivity contribution in [1.29, 1.82) is 5.26 Å². The first-order valence-corrected chi connectivity index (χ1v) is 16.1. The maximum absolute atomic E-state index is 13.4. The number of hydrogen-bond donors (Lipinski definition) is 2. The summed E-state index contributed by atoms with van der Waals surface area (Å²) in [7, 11) is 0. The molecule has 0 saturated heterocycles. The minimum Gasteiger partial charge on any atom is -0.362 e. The molecule has 0 aliphatic rings. The van der Waals surface area contributed by atoms with Gasteiger partial charge in [-0.3, -0.25) is 4.79 Å². The Morgan fingerprint density at radius 2 is 1.80 bits per heavy atom. The topological polar surface area (TPSA) is 86.0 Å². The molecule has 0 radical (unpaired) electrons. The molecule has 0 aliphatic carbocycles.